The zero-order chi connectivity index (χ0) is 13.2. The van der Waals surface area contributed by atoms with E-state index in [1.807, 2.05) is 23.9 Å². The van der Waals surface area contributed by atoms with Crippen LogP contribution in [0.1, 0.15) is 16.3 Å². The van der Waals surface area contributed by atoms with Crippen LogP contribution in [-0.2, 0) is 6.54 Å². The lowest BCUT2D eigenvalue weighted by Gasteiger charge is -1.99. The van der Waals surface area contributed by atoms with E-state index in [1.54, 1.807) is 11.3 Å². The SMILES string of the molecule is Cc1cccc(-c2csc(Cn3ccc(C)n3)n2)c1. The molecule has 0 radical (unpaired) electrons. The Morgan fingerprint density at radius 2 is 2.11 bits per heavy atom. The van der Waals surface area contributed by atoms with E-state index in [4.69, 9.17) is 0 Å². The van der Waals surface area contributed by atoms with Gasteiger partial charge < -0.3 is 0 Å². The molecule has 2 heterocycles. The van der Waals surface area contributed by atoms with Crippen molar-refractivity contribution in [2.75, 3.05) is 0 Å². The number of rotatable bonds is 3. The monoisotopic (exact) mass is 269 g/mol. The minimum atomic E-state index is 0.740. The molecule has 19 heavy (non-hydrogen) atoms. The van der Waals surface area contributed by atoms with Gasteiger partial charge in [0, 0.05) is 17.1 Å². The summed E-state index contributed by atoms with van der Waals surface area (Å²) >= 11 is 1.68. The second-order valence-corrected chi connectivity index (χ2v) is 5.59. The standard InChI is InChI=1S/C15H15N3S/c1-11-4-3-5-13(8-11)14-10-19-15(16-14)9-18-7-6-12(2)17-18/h3-8,10H,9H2,1-2H3. The van der Waals surface area contributed by atoms with Gasteiger partial charge in [-0.05, 0) is 26.0 Å². The first kappa shape index (κ1) is 12.1. The predicted molar refractivity (Wildman–Crippen MR) is 78.4 cm³/mol. The van der Waals surface area contributed by atoms with Gasteiger partial charge in [-0.1, -0.05) is 23.8 Å². The summed E-state index contributed by atoms with van der Waals surface area (Å²) in [6.45, 7) is 4.84. The molecule has 0 aliphatic carbocycles. The molecule has 3 rings (SSSR count). The van der Waals surface area contributed by atoms with E-state index in [-0.39, 0.29) is 0 Å². The van der Waals surface area contributed by atoms with Gasteiger partial charge in [-0.3, -0.25) is 4.68 Å². The number of benzene rings is 1. The largest absolute Gasteiger partial charge is 0.266 e. The quantitative estimate of drug-likeness (QED) is 0.726. The van der Waals surface area contributed by atoms with Crippen molar-refractivity contribution in [1.29, 1.82) is 0 Å². The van der Waals surface area contributed by atoms with Crippen LogP contribution in [0, 0.1) is 13.8 Å². The molecule has 3 nitrogen and oxygen atoms in total. The smallest absolute Gasteiger partial charge is 0.115 e. The molecule has 3 aromatic rings. The average Bonchev–Trinajstić information content (AvgIpc) is 2.99. The van der Waals surface area contributed by atoms with Gasteiger partial charge in [-0.25, -0.2) is 4.98 Å². The molecule has 0 aliphatic rings. The highest BCUT2D eigenvalue weighted by atomic mass is 32.1. The van der Waals surface area contributed by atoms with Crippen LogP contribution in [0.4, 0.5) is 0 Å². The van der Waals surface area contributed by atoms with Crippen LogP contribution in [0.2, 0.25) is 0 Å². The number of hydrogen-bond donors (Lipinski definition) is 0. The number of nitrogens with zero attached hydrogens (tertiary/aromatic N) is 3. The lowest BCUT2D eigenvalue weighted by Crippen LogP contribution is -1.99. The van der Waals surface area contributed by atoms with E-state index in [0.717, 1.165) is 22.9 Å². The summed E-state index contributed by atoms with van der Waals surface area (Å²) in [7, 11) is 0. The van der Waals surface area contributed by atoms with Crippen molar-refractivity contribution < 1.29 is 0 Å². The maximum Gasteiger partial charge on any atom is 0.115 e. The van der Waals surface area contributed by atoms with E-state index < -0.39 is 0 Å². The van der Waals surface area contributed by atoms with Crippen LogP contribution in [0.15, 0.2) is 41.9 Å². The molecule has 2 aromatic heterocycles. The molecule has 0 N–H and O–H groups in total. The van der Waals surface area contributed by atoms with E-state index >= 15 is 0 Å². The van der Waals surface area contributed by atoms with Gasteiger partial charge in [0.1, 0.15) is 5.01 Å². The third kappa shape index (κ3) is 2.74. The molecular formula is C15H15N3S. The first-order valence-corrected chi connectivity index (χ1v) is 7.10. The highest BCUT2D eigenvalue weighted by Gasteiger charge is 2.05. The van der Waals surface area contributed by atoms with Gasteiger partial charge >= 0.3 is 0 Å². The fourth-order valence-corrected chi connectivity index (χ4v) is 2.80. The van der Waals surface area contributed by atoms with Crippen molar-refractivity contribution in [3.8, 4) is 11.3 Å². The van der Waals surface area contributed by atoms with Crippen LogP contribution in [0.5, 0.6) is 0 Å². The van der Waals surface area contributed by atoms with Crippen molar-refractivity contribution in [3.63, 3.8) is 0 Å². The van der Waals surface area contributed by atoms with Crippen molar-refractivity contribution in [2.45, 2.75) is 20.4 Å². The third-order valence-electron chi connectivity index (χ3n) is 2.94. The Morgan fingerprint density at radius 3 is 2.84 bits per heavy atom. The molecule has 0 unspecified atom stereocenters. The summed E-state index contributed by atoms with van der Waals surface area (Å²) in [6, 6.07) is 10.4. The Bertz CT molecular complexity index is 697. The fraction of sp³-hybridized carbons (Fsp3) is 0.200. The van der Waals surface area contributed by atoms with E-state index in [2.05, 4.69) is 46.7 Å². The summed E-state index contributed by atoms with van der Waals surface area (Å²) < 4.78 is 1.92. The molecule has 96 valence electrons. The zero-order valence-corrected chi connectivity index (χ0v) is 11.8. The first-order chi connectivity index (χ1) is 9.20. The molecule has 1 aromatic carbocycles. The maximum absolute atomic E-state index is 4.68. The normalized spacial score (nSPS) is 10.8. The average molecular weight is 269 g/mol. The molecular weight excluding hydrogens is 254 g/mol. The van der Waals surface area contributed by atoms with Crippen molar-refractivity contribution in [1.82, 2.24) is 14.8 Å². The number of aromatic nitrogens is 3. The molecule has 0 saturated carbocycles. The second kappa shape index (κ2) is 4.97. The third-order valence-corrected chi connectivity index (χ3v) is 3.77. The number of aryl methyl sites for hydroxylation is 2. The van der Waals surface area contributed by atoms with E-state index in [1.165, 1.54) is 11.1 Å². The molecule has 0 fully saturated rings. The first-order valence-electron chi connectivity index (χ1n) is 6.22. The summed E-state index contributed by atoms with van der Waals surface area (Å²) in [6.07, 6.45) is 1.99. The highest BCUT2D eigenvalue weighted by Crippen LogP contribution is 2.23. The Balaban J connectivity index is 1.83. The van der Waals surface area contributed by atoms with Crippen LogP contribution in [-0.4, -0.2) is 14.8 Å². The summed E-state index contributed by atoms with van der Waals surface area (Å²) in [5.41, 5.74) is 4.52. The van der Waals surface area contributed by atoms with Crippen LogP contribution in [0.3, 0.4) is 0 Å². The van der Waals surface area contributed by atoms with Gasteiger partial charge in [0.05, 0.1) is 17.9 Å². The Labute approximate surface area is 116 Å². The van der Waals surface area contributed by atoms with Crippen LogP contribution < -0.4 is 0 Å². The molecule has 0 aliphatic heterocycles. The number of thiazole rings is 1. The minimum absolute atomic E-state index is 0.740. The lowest BCUT2D eigenvalue weighted by atomic mass is 10.1. The minimum Gasteiger partial charge on any atom is -0.266 e. The molecule has 4 heteroatoms. The van der Waals surface area contributed by atoms with Gasteiger partial charge in [-0.2, -0.15) is 5.10 Å². The van der Waals surface area contributed by atoms with Gasteiger partial charge in [0.15, 0.2) is 0 Å². The van der Waals surface area contributed by atoms with E-state index in [9.17, 15) is 0 Å². The molecule has 0 spiro atoms. The van der Waals surface area contributed by atoms with Crippen molar-refractivity contribution >= 4 is 11.3 Å². The van der Waals surface area contributed by atoms with E-state index in [0.29, 0.717) is 0 Å². The van der Waals surface area contributed by atoms with Gasteiger partial charge in [0.2, 0.25) is 0 Å². The Hall–Kier alpha value is -1.94. The predicted octanol–water partition coefficient (Wildman–Crippen LogP) is 3.67. The molecule has 0 saturated heterocycles. The maximum atomic E-state index is 4.68. The second-order valence-electron chi connectivity index (χ2n) is 4.65. The summed E-state index contributed by atoms with van der Waals surface area (Å²) in [4.78, 5) is 4.68. The van der Waals surface area contributed by atoms with Crippen molar-refractivity contribution in [3.05, 3.63) is 58.2 Å². The summed E-state index contributed by atoms with van der Waals surface area (Å²) in [5.74, 6) is 0. The van der Waals surface area contributed by atoms with Gasteiger partial charge in [0.25, 0.3) is 0 Å². The summed E-state index contributed by atoms with van der Waals surface area (Å²) in [5, 5.41) is 7.58. The number of hydrogen-bond acceptors (Lipinski definition) is 3. The molecule has 0 bridgehead atoms. The van der Waals surface area contributed by atoms with Gasteiger partial charge in [-0.15, -0.1) is 11.3 Å². The lowest BCUT2D eigenvalue weighted by molar-refractivity contribution is 0.676. The highest BCUT2D eigenvalue weighted by molar-refractivity contribution is 7.09. The van der Waals surface area contributed by atoms with Crippen LogP contribution >= 0.6 is 11.3 Å². The van der Waals surface area contributed by atoms with Crippen molar-refractivity contribution in [2.24, 2.45) is 0 Å². The fourth-order valence-electron chi connectivity index (χ4n) is 2.01. The zero-order valence-electron chi connectivity index (χ0n) is 11.0. The Morgan fingerprint density at radius 1 is 1.21 bits per heavy atom. The topological polar surface area (TPSA) is 30.7 Å². The Kier molecular flexibility index (Phi) is 3.17. The molecule has 0 atom stereocenters. The van der Waals surface area contributed by atoms with Crippen LogP contribution in [0.25, 0.3) is 11.3 Å². The molecule has 0 amide bonds.